The molecule has 2 aromatic rings. The summed E-state index contributed by atoms with van der Waals surface area (Å²) in [5.41, 5.74) is 9.93. The highest BCUT2D eigenvalue weighted by molar-refractivity contribution is 5.69. The number of rotatable bonds is 2. The van der Waals surface area contributed by atoms with E-state index in [1.807, 2.05) is 26.0 Å². The number of hydrogen-bond acceptors (Lipinski definition) is 3. The van der Waals surface area contributed by atoms with Crippen molar-refractivity contribution in [3.8, 4) is 17.0 Å². The van der Waals surface area contributed by atoms with Crippen LogP contribution in [0, 0.1) is 13.8 Å². The van der Waals surface area contributed by atoms with Crippen LogP contribution in [0.5, 0.6) is 5.75 Å². The van der Waals surface area contributed by atoms with Gasteiger partial charge in [0, 0.05) is 5.56 Å². The van der Waals surface area contributed by atoms with Gasteiger partial charge in [0.05, 0.1) is 19.0 Å². The lowest BCUT2D eigenvalue weighted by atomic mass is 10.00. The molecule has 1 heterocycles. The zero-order chi connectivity index (χ0) is 11.7. The molecule has 0 aliphatic rings. The van der Waals surface area contributed by atoms with E-state index in [0.717, 1.165) is 28.1 Å². The molecule has 0 radical (unpaired) electrons. The fourth-order valence-corrected chi connectivity index (χ4v) is 1.93. The number of nitrogens with one attached hydrogen (secondary N) is 1. The van der Waals surface area contributed by atoms with Crippen molar-refractivity contribution in [1.82, 2.24) is 9.97 Å². The fraction of sp³-hybridized carbons (Fsp3) is 0.250. The summed E-state index contributed by atoms with van der Waals surface area (Å²) in [4.78, 5) is 7.05. The van der Waals surface area contributed by atoms with Crippen LogP contribution in [0.4, 0.5) is 5.95 Å². The van der Waals surface area contributed by atoms with E-state index in [9.17, 15) is 0 Å². The third-order valence-corrected chi connectivity index (χ3v) is 2.61. The first-order chi connectivity index (χ1) is 7.61. The Balaban J connectivity index is 2.57. The molecule has 0 spiro atoms. The molecule has 0 bridgehead atoms. The fourth-order valence-electron chi connectivity index (χ4n) is 1.93. The summed E-state index contributed by atoms with van der Waals surface area (Å²) in [5, 5.41) is 0. The van der Waals surface area contributed by atoms with Gasteiger partial charge in [0.25, 0.3) is 0 Å². The number of nitrogens with zero attached hydrogens (tertiary/aromatic N) is 1. The van der Waals surface area contributed by atoms with Crippen molar-refractivity contribution in [1.29, 1.82) is 0 Å². The Kier molecular flexibility index (Phi) is 2.56. The molecule has 0 unspecified atom stereocenters. The average Bonchev–Trinajstić information content (AvgIpc) is 2.63. The summed E-state index contributed by atoms with van der Waals surface area (Å²) in [5.74, 6) is 1.30. The van der Waals surface area contributed by atoms with Crippen molar-refractivity contribution in [2.24, 2.45) is 0 Å². The molecule has 0 saturated heterocycles. The van der Waals surface area contributed by atoms with Gasteiger partial charge in [0.1, 0.15) is 5.75 Å². The van der Waals surface area contributed by atoms with Gasteiger partial charge in [-0.15, -0.1) is 0 Å². The minimum atomic E-state index is 0.435. The molecule has 0 fully saturated rings. The Morgan fingerprint density at radius 3 is 2.31 bits per heavy atom. The van der Waals surface area contributed by atoms with E-state index in [4.69, 9.17) is 10.5 Å². The van der Waals surface area contributed by atoms with Gasteiger partial charge in [0.15, 0.2) is 5.95 Å². The SMILES string of the molecule is COc1cc(C)c(-c2cnc(N)[nH]2)c(C)c1. The van der Waals surface area contributed by atoms with Crippen LogP contribution in [-0.2, 0) is 0 Å². The molecule has 2 rings (SSSR count). The minimum Gasteiger partial charge on any atom is -0.497 e. The first-order valence-electron chi connectivity index (χ1n) is 5.08. The number of nitrogens with two attached hydrogens (primary N) is 1. The molecule has 0 saturated carbocycles. The number of anilines is 1. The molecule has 0 atom stereocenters. The van der Waals surface area contributed by atoms with Gasteiger partial charge in [-0.3, -0.25) is 0 Å². The first-order valence-corrected chi connectivity index (χ1v) is 5.08. The van der Waals surface area contributed by atoms with Crippen LogP contribution >= 0.6 is 0 Å². The highest BCUT2D eigenvalue weighted by atomic mass is 16.5. The predicted molar refractivity (Wildman–Crippen MR) is 64.5 cm³/mol. The van der Waals surface area contributed by atoms with Gasteiger partial charge in [-0.2, -0.15) is 0 Å². The van der Waals surface area contributed by atoms with E-state index in [-0.39, 0.29) is 0 Å². The van der Waals surface area contributed by atoms with Crippen LogP contribution in [0.3, 0.4) is 0 Å². The number of benzene rings is 1. The Morgan fingerprint density at radius 2 is 1.88 bits per heavy atom. The van der Waals surface area contributed by atoms with E-state index in [1.165, 1.54) is 0 Å². The lowest BCUT2D eigenvalue weighted by molar-refractivity contribution is 0.414. The number of imidazole rings is 1. The van der Waals surface area contributed by atoms with Gasteiger partial charge >= 0.3 is 0 Å². The molecule has 16 heavy (non-hydrogen) atoms. The van der Waals surface area contributed by atoms with Crippen molar-refractivity contribution >= 4 is 5.95 Å². The second-order valence-electron chi connectivity index (χ2n) is 3.82. The van der Waals surface area contributed by atoms with Crippen LogP contribution in [0.2, 0.25) is 0 Å². The highest BCUT2D eigenvalue weighted by Crippen LogP contribution is 2.29. The van der Waals surface area contributed by atoms with Crippen molar-refractivity contribution < 1.29 is 4.74 Å². The van der Waals surface area contributed by atoms with Gasteiger partial charge in [0.2, 0.25) is 0 Å². The standard InChI is InChI=1S/C12H15N3O/c1-7-4-9(16-3)5-8(2)11(7)10-6-14-12(13)15-10/h4-6H,1-3H3,(H3,13,14,15). The van der Waals surface area contributed by atoms with E-state index >= 15 is 0 Å². The molecule has 1 aromatic heterocycles. The molecule has 0 aliphatic carbocycles. The van der Waals surface area contributed by atoms with Crippen molar-refractivity contribution in [3.05, 3.63) is 29.5 Å². The lowest BCUT2D eigenvalue weighted by Crippen LogP contribution is -1.92. The molecule has 4 heteroatoms. The predicted octanol–water partition coefficient (Wildman–Crippen LogP) is 2.28. The maximum atomic E-state index is 5.58. The number of H-pyrrole nitrogens is 1. The van der Waals surface area contributed by atoms with E-state index in [0.29, 0.717) is 5.95 Å². The van der Waals surface area contributed by atoms with Crippen LogP contribution in [0.1, 0.15) is 11.1 Å². The Morgan fingerprint density at radius 1 is 1.25 bits per heavy atom. The summed E-state index contributed by atoms with van der Waals surface area (Å²) in [6.07, 6.45) is 1.75. The number of nitrogen functional groups attached to an aromatic ring is 1. The van der Waals surface area contributed by atoms with E-state index in [1.54, 1.807) is 13.3 Å². The van der Waals surface area contributed by atoms with Crippen molar-refractivity contribution in [3.63, 3.8) is 0 Å². The Hall–Kier alpha value is -1.97. The summed E-state index contributed by atoms with van der Waals surface area (Å²) in [6.45, 7) is 4.09. The normalized spacial score (nSPS) is 10.4. The Labute approximate surface area is 94.5 Å². The molecular formula is C12H15N3O. The third-order valence-electron chi connectivity index (χ3n) is 2.61. The summed E-state index contributed by atoms with van der Waals surface area (Å²) in [6, 6.07) is 4.00. The minimum absolute atomic E-state index is 0.435. The van der Waals surface area contributed by atoms with Crippen molar-refractivity contribution in [2.75, 3.05) is 12.8 Å². The summed E-state index contributed by atoms with van der Waals surface area (Å²) >= 11 is 0. The number of aryl methyl sites for hydroxylation is 2. The number of hydrogen-bond donors (Lipinski definition) is 2. The topological polar surface area (TPSA) is 63.9 Å². The molecule has 4 nitrogen and oxygen atoms in total. The van der Waals surface area contributed by atoms with E-state index < -0.39 is 0 Å². The van der Waals surface area contributed by atoms with Gasteiger partial charge in [-0.25, -0.2) is 4.98 Å². The van der Waals surface area contributed by atoms with Crippen LogP contribution in [0.25, 0.3) is 11.3 Å². The third kappa shape index (κ3) is 1.74. The van der Waals surface area contributed by atoms with Crippen LogP contribution in [0.15, 0.2) is 18.3 Å². The Bertz CT molecular complexity index is 494. The second kappa shape index (κ2) is 3.89. The zero-order valence-corrected chi connectivity index (χ0v) is 9.66. The van der Waals surface area contributed by atoms with E-state index in [2.05, 4.69) is 9.97 Å². The van der Waals surface area contributed by atoms with Gasteiger partial charge < -0.3 is 15.5 Å². The molecular weight excluding hydrogens is 202 g/mol. The molecule has 3 N–H and O–H groups in total. The summed E-state index contributed by atoms with van der Waals surface area (Å²) < 4.78 is 5.22. The number of ether oxygens (including phenoxy) is 1. The monoisotopic (exact) mass is 217 g/mol. The quantitative estimate of drug-likeness (QED) is 0.811. The maximum Gasteiger partial charge on any atom is 0.197 e. The molecule has 0 amide bonds. The molecule has 0 aliphatic heterocycles. The van der Waals surface area contributed by atoms with Crippen molar-refractivity contribution in [2.45, 2.75) is 13.8 Å². The van der Waals surface area contributed by atoms with Crippen LogP contribution in [-0.4, -0.2) is 17.1 Å². The summed E-state index contributed by atoms with van der Waals surface area (Å²) in [7, 11) is 1.67. The van der Waals surface area contributed by atoms with Gasteiger partial charge in [-0.1, -0.05) is 0 Å². The smallest absolute Gasteiger partial charge is 0.197 e. The average molecular weight is 217 g/mol. The zero-order valence-electron chi connectivity index (χ0n) is 9.66. The van der Waals surface area contributed by atoms with Crippen LogP contribution < -0.4 is 10.5 Å². The first kappa shape index (κ1) is 10.5. The second-order valence-corrected chi connectivity index (χ2v) is 3.82. The highest BCUT2D eigenvalue weighted by Gasteiger charge is 2.09. The molecule has 84 valence electrons. The number of aromatic nitrogens is 2. The maximum absolute atomic E-state index is 5.58. The lowest BCUT2D eigenvalue weighted by Gasteiger charge is -2.10. The molecule has 1 aromatic carbocycles. The largest absolute Gasteiger partial charge is 0.497 e. The van der Waals surface area contributed by atoms with Gasteiger partial charge in [-0.05, 0) is 37.1 Å². The number of methoxy groups -OCH3 is 1. The number of aromatic amines is 1.